The summed E-state index contributed by atoms with van der Waals surface area (Å²) in [5.74, 6) is 0.516. The Balaban J connectivity index is 2.04. The molecule has 3 rings (SSSR count). The molecule has 0 spiro atoms. The summed E-state index contributed by atoms with van der Waals surface area (Å²) >= 11 is 4.10. The lowest BCUT2D eigenvalue weighted by atomic mass is 10.2. The van der Waals surface area contributed by atoms with E-state index in [2.05, 4.69) is 15.0 Å². The lowest BCUT2D eigenvalue weighted by Gasteiger charge is -2.13. The lowest BCUT2D eigenvalue weighted by molar-refractivity contribution is 0.341. The van der Waals surface area contributed by atoms with E-state index in [0.29, 0.717) is 40.1 Å². The van der Waals surface area contributed by atoms with Crippen molar-refractivity contribution < 1.29 is 13.5 Å². The number of ether oxygens (including phenoxy) is 1. The molecule has 1 unspecified atom stereocenters. The van der Waals surface area contributed by atoms with Crippen LogP contribution in [0, 0.1) is 0 Å². The molecule has 0 fully saturated rings. The van der Waals surface area contributed by atoms with Crippen molar-refractivity contribution in [1.82, 2.24) is 19.5 Å². The Morgan fingerprint density at radius 3 is 2.80 bits per heavy atom. The van der Waals surface area contributed by atoms with E-state index < -0.39 is 11.1 Å². The molecule has 0 saturated heterocycles. The van der Waals surface area contributed by atoms with Gasteiger partial charge in [0, 0.05) is 12.4 Å². The Labute approximate surface area is 152 Å². The molecule has 0 aliphatic rings. The number of imidazole rings is 1. The van der Waals surface area contributed by atoms with Crippen molar-refractivity contribution in [1.29, 1.82) is 0 Å². The van der Waals surface area contributed by atoms with Gasteiger partial charge in [-0.2, -0.15) is 0 Å². The molecule has 0 amide bonds. The molecule has 0 saturated carbocycles. The van der Waals surface area contributed by atoms with Crippen LogP contribution in [0.2, 0.25) is 5.15 Å². The average molecular weight is 378 g/mol. The van der Waals surface area contributed by atoms with Crippen molar-refractivity contribution in [3.05, 3.63) is 54.0 Å². The average Bonchev–Trinajstić information content (AvgIpc) is 2.97. The summed E-state index contributed by atoms with van der Waals surface area (Å²) in [7, 11) is 0. The van der Waals surface area contributed by atoms with Crippen LogP contribution in [0.25, 0.3) is 16.9 Å². The molecule has 130 valence electrons. The molecule has 1 atom stereocenters. The maximum absolute atomic E-state index is 10.8. The molecule has 0 aliphatic heterocycles. The van der Waals surface area contributed by atoms with Crippen molar-refractivity contribution in [2.75, 3.05) is 6.61 Å². The summed E-state index contributed by atoms with van der Waals surface area (Å²) in [4.78, 5) is 12.5. The number of aromatic nitrogens is 4. The van der Waals surface area contributed by atoms with Crippen LogP contribution in [-0.2, 0) is 16.8 Å². The Hall–Kier alpha value is -2.29. The topological polar surface area (TPSA) is 93.0 Å². The van der Waals surface area contributed by atoms with E-state index in [4.69, 9.17) is 16.3 Å². The summed E-state index contributed by atoms with van der Waals surface area (Å²) in [6.45, 7) is 2.40. The molecule has 0 aliphatic carbocycles. The van der Waals surface area contributed by atoms with E-state index in [9.17, 15) is 8.76 Å². The molecule has 0 N–H and O–H groups in total. The minimum atomic E-state index is -2.18. The highest BCUT2D eigenvalue weighted by Crippen LogP contribution is 2.35. The predicted octanol–water partition coefficient (Wildman–Crippen LogP) is 2.76. The highest BCUT2D eigenvalue weighted by Gasteiger charge is 2.17. The Morgan fingerprint density at radius 1 is 1.28 bits per heavy atom. The number of halogens is 1. The SMILES string of the molecule is CCOc1ccncc1-c1c(Cl)ncn1-c1ccc(CS(=O)[O-])nc1. The molecule has 25 heavy (non-hydrogen) atoms. The molecule has 0 bridgehead atoms. The van der Waals surface area contributed by atoms with Gasteiger partial charge in [-0.15, -0.1) is 0 Å². The minimum Gasteiger partial charge on any atom is -0.772 e. The van der Waals surface area contributed by atoms with E-state index in [1.54, 1.807) is 47.7 Å². The second kappa shape index (κ2) is 7.73. The fourth-order valence-electron chi connectivity index (χ4n) is 2.37. The molecule has 3 aromatic heterocycles. The summed E-state index contributed by atoms with van der Waals surface area (Å²) in [6.07, 6.45) is 6.44. The monoisotopic (exact) mass is 377 g/mol. The third-order valence-electron chi connectivity index (χ3n) is 3.41. The third-order valence-corrected chi connectivity index (χ3v) is 4.22. The quantitative estimate of drug-likeness (QED) is 0.613. The van der Waals surface area contributed by atoms with Crippen LogP contribution in [0.1, 0.15) is 12.6 Å². The molecule has 3 heterocycles. The lowest BCUT2D eigenvalue weighted by Crippen LogP contribution is -2.02. The van der Waals surface area contributed by atoms with Crippen LogP contribution in [0.15, 0.2) is 43.1 Å². The van der Waals surface area contributed by atoms with Gasteiger partial charge in [0.25, 0.3) is 0 Å². The summed E-state index contributed by atoms with van der Waals surface area (Å²) in [6, 6.07) is 5.17. The number of hydrogen-bond donors (Lipinski definition) is 0. The van der Waals surface area contributed by atoms with E-state index in [1.165, 1.54) is 0 Å². The highest BCUT2D eigenvalue weighted by molar-refractivity contribution is 7.78. The molecular weight excluding hydrogens is 364 g/mol. The van der Waals surface area contributed by atoms with Gasteiger partial charge in [0.15, 0.2) is 5.15 Å². The van der Waals surface area contributed by atoms with E-state index in [-0.39, 0.29) is 5.75 Å². The van der Waals surface area contributed by atoms with Gasteiger partial charge in [-0.1, -0.05) is 11.6 Å². The van der Waals surface area contributed by atoms with Crippen LogP contribution in [0.5, 0.6) is 5.75 Å². The maximum atomic E-state index is 10.8. The summed E-state index contributed by atoms with van der Waals surface area (Å²) in [5, 5.41) is 0.304. The Bertz CT molecular complexity index is 899. The first-order valence-electron chi connectivity index (χ1n) is 7.41. The highest BCUT2D eigenvalue weighted by atomic mass is 35.5. The van der Waals surface area contributed by atoms with Gasteiger partial charge < -0.3 is 9.29 Å². The van der Waals surface area contributed by atoms with E-state index >= 15 is 0 Å². The first-order valence-corrected chi connectivity index (χ1v) is 9.03. The smallest absolute Gasteiger partial charge is 0.155 e. The maximum Gasteiger partial charge on any atom is 0.155 e. The molecule has 3 aromatic rings. The number of nitrogens with zero attached hydrogens (tertiary/aromatic N) is 4. The fraction of sp³-hybridized carbons (Fsp3) is 0.188. The predicted molar refractivity (Wildman–Crippen MR) is 93.4 cm³/mol. The van der Waals surface area contributed by atoms with Gasteiger partial charge >= 0.3 is 0 Å². The van der Waals surface area contributed by atoms with Gasteiger partial charge in [-0.25, -0.2) is 4.98 Å². The van der Waals surface area contributed by atoms with Gasteiger partial charge in [-0.3, -0.25) is 18.7 Å². The zero-order chi connectivity index (χ0) is 17.8. The van der Waals surface area contributed by atoms with Crippen molar-refractivity contribution >= 4 is 22.7 Å². The summed E-state index contributed by atoms with van der Waals surface area (Å²) < 4.78 is 28.9. The van der Waals surface area contributed by atoms with Crippen molar-refractivity contribution in [3.8, 4) is 22.7 Å². The molecule has 0 radical (unpaired) electrons. The number of pyridine rings is 2. The van der Waals surface area contributed by atoms with Crippen molar-refractivity contribution in [3.63, 3.8) is 0 Å². The largest absolute Gasteiger partial charge is 0.772 e. The molecular formula is C16H14ClN4O3S-. The minimum absolute atomic E-state index is 0.130. The second-order valence-corrected chi connectivity index (χ2v) is 6.27. The van der Waals surface area contributed by atoms with E-state index in [1.807, 2.05) is 6.92 Å². The van der Waals surface area contributed by atoms with Crippen LogP contribution >= 0.6 is 11.6 Å². The van der Waals surface area contributed by atoms with Gasteiger partial charge in [-0.05, 0) is 36.2 Å². The van der Waals surface area contributed by atoms with Gasteiger partial charge in [0.05, 0.1) is 41.2 Å². The number of rotatable bonds is 6. The molecule has 9 heteroatoms. The molecule has 7 nitrogen and oxygen atoms in total. The van der Waals surface area contributed by atoms with Crippen LogP contribution in [0.4, 0.5) is 0 Å². The Morgan fingerprint density at radius 2 is 2.12 bits per heavy atom. The van der Waals surface area contributed by atoms with Crippen LogP contribution < -0.4 is 4.74 Å². The number of hydrogen-bond acceptors (Lipinski definition) is 6. The first kappa shape index (κ1) is 17.5. The third kappa shape index (κ3) is 3.87. The van der Waals surface area contributed by atoms with Crippen LogP contribution in [0.3, 0.4) is 0 Å². The zero-order valence-corrected chi connectivity index (χ0v) is 14.8. The Kier molecular flexibility index (Phi) is 5.42. The fourth-order valence-corrected chi connectivity index (χ4v) is 3.02. The van der Waals surface area contributed by atoms with Gasteiger partial charge in [0.2, 0.25) is 0 Å². The standard InChI is InChI=1S/C16H15ClN4O3S/c1-2-24-14-5-6-18-8-13(14)15-16(17)20-10-21(15)12-4-3-11(19-7-12)9-25(22)23/h3-8,10H,2,9H2,1H3,(H,22,23)/p-1. The van der Waals surface area contributed by atoms with Gasteiger partial charge in [0.1, 0.15) is 12.1 Å². The summed E-state index contributed by atoms with van der Waals surface area (Å²) in [5.41, 5.74) is 2.49. The normalized spacial score (nSPS) is 12.1. The zero-order valence-electron chi connectivity index (χ0n) is 13.3. The first-order chi connectivity index (χ1) is 12.1. The van der Waals surface area contributed by atoms with Crippen molar-refractivity contribution in [2.45, 2.75) is 12.7 Å². The van der Waals surface area contributed by atoms with Crippen molar-refractivity contribution in [2.24, 2.45) is 0 Å². The second-order valence-electron chi connectivity index (χ2n) is 5.01. The molecule has 0 aromatic carbocycles. The van der Waals surface area contributed by atoms with E-state index in [0.717, 1.165) is 0 Å². The van der Waals surface area contributed by atoms with Crippen LogP contribution in [-0.4, -0.2) is 34.9 Å².